The van der Waals surface area contributed by atoms with Crippen LogP contribution in [0.4, 0.5) is 0 Å². The normalized spacial score (nSPS) is 10.9. The number of carboxylic acids is 1. The van der Waals surface area contributed by atoms with Gasteiger partial charge < -0.3 is 9.40 Å². The summed E-state index contributed by atoms with van der Waals surface area (Å²) < 4.78 is 3.83. The highest BCUT2D eigenvalue weighted by atomic mass is 35.5. The highest BCUT2D eigenvalue weighted by Crippen LogP contribution is 2.09. The molecule has 0 fully saturated rings. The summed E-state index contributed by atoms with van der Waals surface area (Å²) in [7, 11) is 0. The standard InChI is InChI=1S/C10H7ClO4/c11-15-10(14)8(9(12)13)6-7-4-2-1-3-5-7/h1-6H,(H,12,13). The second-order valence-corrected chi connectivity index (χ2v) is 2.79. The molecule has 1 aromatic carbocycles. The molecule has 0 radical (unpaired) electrons. The quantitative estimate of drug-likeness (QED) is 0.485. The number of carboxylic acid groups (broad SMARTS) is 1. The van der Waals surface area contributed by atoms with Gasteiger partial charge in [0, 0.05) is 0 Å². The molecule has 5 heteroatoms. The molecule has 0 aliphatic carbocycles. The maximum atomic E-state index is 11.0. The van der Waals surface area contributed by atoms with Crippen molar-refractivity contribution in [1.82, 2.24) is 0 Å². The van der Waals surface area contributed by atoms with Crippen molar-refractivity contribution in [2.24, 2.45) is 0 Å². The lowest BCUT2D eigenvalue weighted by Crippen LogP contribution is -2.11. The van der Waals surface area contributed by atoms with E-state index in [1.54, 1.807) is 30.3 Å². The minimum atomic E-state index is -1.38. The van der Waals surface area contributed by atoms with Gasteiger partial charge in [0.05, 0.1) is 0 Å². The van der Waals surface area contributed by atoms with Gasteiger partial charge in [-0.3, -0.25) is 0 Å². The highest BCUT2D eigenvalue weighted by Gasteiger charge is 2.18. The van der Waals surface area contributed by atoms with Crippen LogP contribution in [-0.2, 0) is 13.9 Å². The molecule has 0 spiro atoms. The van der Waals surface area contributed by atoms with Crippen LogP contribution >= 0.6 is 11.9 Å². The maximum absolute atomic E-state index is 11.0. The second-order valence-electron chi connectivity index (χ2n) is 2.64. The van der Waals surface area contributed by atoms with E-state index in [-0.39, 0.29) is 0 Å². The van der Waals surface area contributed by atoms with Crippen LogP contribution in [-0.4, -0.2) is 17.0 Å². The summed E-state index contributed by atoms with van der Waals surface area (Å²) >= 11 is 4.80. The minimum Gasteiger partial charge on any atom is -0.477 e. The van der Waals surface area contributed by atoms with Crippen molar-refractivity contribution in [3.05, 3.63) is 41.5 Å². The zero-order valence-electron chi connectivity index (χ0n) is 7.51. The summed E-state index contributed by atoms with van der Waals surface area (Å²) in [5.74, 6) is -2.47. The summed E-state index contributed by atoms with van der Waals surface area (Å²) in [5, 5.41) is 8.71. The topological polar surface area (TPSA) is 63.6 Å². The summed E-state index contributed by atoms with van der Waals surface area (Å²) in [5.41, 5.74) is 0.0631. The molecule has 0 heterocycles. The van der Waals surface area contributed by atoms with Crippen molar-refractivity contribution < 1.29 is 19.0 Å². The molecule has 1 rings (SSSR count). The first-order valence-electron chi connectivity index (χ1n) is 3.98. The van der Waals surface area contributed by atoms with Crippen molar-refractivity contribution in [2.75, 3.05) is 0 Å². The molecule has 1 N–H and O–H groups in total. The number of halogens is 1. The fourth-order valence-corrected chi connectivity index (χ4v) is 1.05. The maximum Gasteiger partial charge on any atom is 0.363 e. The molecule has 1 aromatic rings. The number of carbonyl (C=O) groups is 2. The molecule has 78 valence electrons. The third-order valence-corrected chi connectivity index (χ3v) is 1.77. The van der Waals surface area contributed by atoms with Gasteiger partial charge in [-0.1, -0.05) is 30.3 Å². The molecule has 0 bridgehead atoms. The van der Waals surface area contributed by atoms with Crippen LogP contribution in [0.2, 0.25) is 0 Å². The molecule has 0 atom stereocenters. The van der Waals surface area contributed by atoms with Crippen LogP contribution in [0.1, 0.15) is 5.56 Å². The fourth-order valence-electron chi connectivity index (χ4n) is 0.965. The molecule has 0 unspecified atom stereocenters. The predicted octanol–water partition coefficient (Wildman–Crippen LogP) is 1.85. The van der Waals surface area contributed by atoms with Crippen LogP contribution in [0.3, 0.4) is 0 Å². The van der Waals surface area contributed by atoms with Gasteiger partial charge in [0.25, 0.3) is 0 Å². The van der Waals surface area contributed by atoms with E-state index in [1.165, 1.54) is 6.08 Å². The van der Waals surface area contributed by atoms with Crippen molar-refractivity contribution in [3.63, 3.8) is 0 Å². The molecular weight excluding hydrogens is 220 g/mol. The molecule has 0 amide bonds. The Bertz CT molecular complexity index is 397. The van der Waals surface area contributed by atoms with Crippen LogP contribution in [0.5, 0.6) is 0 Å². The second kappa shape index (κ2) is 5.17. The Labute approximate surface area is 90.9 Å². The monoisotopic (exact) mass is 226 g/mol. The summed E-state index contributed by atoms with van der Waals surface area (Å²) in [6, 6.07) is 8.53. The minimum absolute atomic E-state index is 0.517. The van der Waals surface area contributed by atoms with Gasteiger partial charge in [0.15, 0.2) is 0 Å². The van der Waals surface area contributed by atoms with Gasteiger partial charge in [-0.15, -0.1) is 0 Å². The number of hydrogen-bond acceptors (Lipinski definition) is 3. The number of aliphatic carboxylic acids is 1. The van der Waals surface area contributed by atoms with E-state index in [1.807, 2.05) is 0 Å². The molecule has 4 nitrogen and oxygen atoms in total. The Morgan fingerprint density at radius 3 is 2.33 bits per heavy atom. The van der Waals surface area contributed by atoms with Crippen LogP contribution in [0.25, 0.3) is 6.08 Å². The van der Waals surface area contributed by atoms with E-state index in [2.05, 4.69) is 4.29 Å². The highest BCUT2D eigenvalue weighted by molar-refractivity contribution is 6.24. The van der Waals surface area contributed by atoms with E-state index in [4.69, 9.17) is 17.0 Å². The predicted molar refractivity (Wildman–Crippen MR) is 54.0 cm³/mol. The number of carbonyl (C=O) groups excluding carboxylic acids is 1. The van der Waals surface area contributed by atoms with E-state index < -0.39 is 17.5 Å². The Balaban J connectivity index is 3.05. The van der Waals surface area contributed by atoms with Gasteiger partial charge in [0.2, 0.25) is 0 Å². The van der Waals surface area contributed by atoms with Crippen LogP contribution < -0.4 is 0 Å². The summed E-state index contributed by atoms with van der Waals surface area (Å²) in [4.78, 5) is 21.6. The lowest BCUT2D eigenvalue weighted by molar-refractivity contribution is -0.138. The first-order chi connectivity index (χ1) is 7.15. The molecule has 15 heavy (non-hydrogen) atoms. The molecule has 0 aliphatic heterocycles. The number of benzene rings is 1. The Morgan fingerprint density at radius 2 is 1.87 bits per heavy atom. The van der Waals surface area contributed by atoms with Gasteiger partial charge in [0.1, 0.15) is 17.4 Å². The number of hydrogen-bond donors (Lipinski definition) is 1. The smallest absolute Gasteiger partial charge is 0.363 e. The van der Waals surface area contributed by atoms with E-state index >= 15 is 0 Å². The molecule has 0 saturated heterocycles. The van der Waals surface area contributed by atoms with Gasteiger partial charge >= 0.3 is 11.9 Å². The Kier molecular flexibility index (Phi) is 3.88. The first kappa shape index (κ1) is 11.3. The summed E-state index contributed by atoms with van der Waals surface area (Å²) in [6.07, 6.45) is 1.19. The Hall–Kier alpha value is -1.81. The average Bonchev–Trinajstić information content (AvgIpc) is 2.26. The average molecular weight is 227 g/mol. The van der Waals surface area contributed by atoms with Gasteiger partial charge in [-0.25, -0.2) is 9.59 Å². The zero-order chi connectivity index (χ0) is 11.3. The van der Waals surface area contributed by atoms with E-state index in [0.29, 0.717) is 5.56 Å². The number of rotatable bonds is 3. The lowest BCUT2D eigenvalue weighted by atomic mass is 10.1. The van der Waals surface area contributed by atoms with Crippen molar-refractivity contribution >= 4 is 29.9 Å². The third-order valence-electron chi connectivity index (χ3n) is 1.63. The Morgan fingerprint density at radius 1 is 1.27 bits per heavy atom. The van der Waals surface area contributed by atoms with Gasteiger partial charge in [-0.05, 0) is 11.6 Å². The van der Waals surface area contributed by atoms with Gasteiger partial charge in [-0.2, -0.15) is 0 Å². The molecule has 0 aromatic heterocycles. The van der Waals surface area contributed by atoms with Crippen molar-refractivity contribution in [3.8, 4) is 0 Å². The van der Waals surface area contributed by atoms with Crippen molar-refractivity contribution in [1.29, 1.82) is 0 Å². The van der Waals surface area contributed by atoms with Crippen LogP contribution in [0, 0.1) is 0 Å². The molecule has 0 saturated carbocycles. The largest absolute Gasteiger partial charge is 0.477 e. The van der Waals surface area contributed by atoms with Crippen LogP contribution in [0.15, 0.2) is 35.9 Å². The third kappa shape index (κ3) is 3.11. The molecule has 0 aliphatic rings. The first-order valence-corrected chi connectivity index (χ1v) is 4.29. The fraction of sp³-hybridized carbons (Fsp3) is 0. The lowest BCUT2D eigenvalue weighted by Gasteiger charge is -1.97. The van der Waals surface area contributed by atoms with Crippen molar-refractivity contribution in [2.45, 2.75) is 0 Å². The SMILES string of the molecule is O=C(O)C(=Cc1ccccc1)C(=O)OCl. The molecular formula is C10H7ClO4. The van der Waals surface area contributed by atoms with E-state index in [0.717, 1.165) is 0 Å². The van der Waals surface area contributed by atoms with E-state index in [9.17, 15) is 9.59 Å². The summed E-state index contributed by atoms with van der Waals surface area (Å²) in [6.45, 7) is 0. The zero-order valence-corrected chi connectivity index (χ0v) is 8.27.